The van der Waals surface area contributed by atoms with Gasteiger partial charge in [-0.25, -0.2) is 9.18 Å². The zero-order chi connectivity index (χ0) is 22.7. The molecule has 7 heteroatoms. The highest BCUT2D eigenvalue weighted by molar-refractivity contribution is 5.91. The predicted molar refractivity (Wildman–Crippen MR) is 115 cm³/mol. The molecule has 3 aromatic rings. The van der Waals surface area contributed by atoms with Gasteiger partial charge in [0.1, 0.15) is 34.7 Å². The molecule has 0 saturated carbocycles. The molecule has 1 aliphatic heterocycles. The number of halogens is 1. The van der Waals surface area contributed by atoms with Crippen LogP contribution >= 0.6 is 0 Å². The Morgan fingerprint density at radius 2 is 1.78 bits per heavy atom. The van der Waals surface area contributed by atoms with Crippen LogP contribution in [0.5, 0.6) is 17.2 Å². The molecule has 1 heterocycles. The van der Waals surface area contributed by atoms with Crippen LogP contribution in [0.1, 0.15) is 34.3 Å². The third kappa shape index (κ3) is 4.12. The first-order valence-corrected chi connectivity index (χ1v) is 9.92. The summed E-state index contributed by atoms with van der Waals surface area (Å²) in [5.41, 5.74) is 8.09. The van der Waals surface area contributed by atoms with Crippen molar-refractivity contribution in [1.82, 2.24) is 0 Å². The second-order valence-electron chi connectivity index (χ2n) is 7.02. The molecule has 0 aromatic heterocycles. The van der Waals surface area contributed by atoms with Gasteiger partial charge in [-0.3, -0.25) is 0 Å². The minimum Gasteiger partial charge on any atom is -0.494 e. The van der Waals surface area contributed by atoms with Gasteiger partial charge in [0.15, 0.2) is 0 Å². The van der Waals surface area contributed by atoms with E-state index < -0.39 is 17.7 Å². The number of ether oxygens (including phenoxy) is 3. The van der Waals surface area contributed by atoms with Gasteiger partial charge in [-0.05, 0) is 55.0 Å². The fraction of sp³-hybridized carbons (Fsp3) is 0.120. The quantitative estimate of drug-likeness (QED) is 0.467. The van der Waals surface area contributed by atoms with Crippen molar-refractivity contribution in [2.45, 2.75) is 12.8 Å². The van der Waals surface area contributed by atoms with Gasteiger partial charge >= 0.3 is 5.97 Å². The smallest absolute Gasteiger partial charge is 0.343 e. The molecule has 3 aromatic carbocycles. The Balaban J connectivity index is 1.65. The van der Waals surface area contributed by atoms with E-state index in [1.807, 2.05) is 31.2 Å². The molecule has 0 spiro atoms. The molecular weight excluding hydrogens is 411 g/mol. The summed E-state index contributed by atoms with van der Waals surface area (Å²) in [6.07, 6.45) is 0. The maximum atomic E-state index is 13.1. The van der Waals surface area contributed by atoms with Crippen molar-refractivity contribution >= 4 is 5.97 Å². The fourth-order valence-corrected chi connectivity index (χ4v) is 3.52. The highest BCUT2D eigenvalue weighted by Gasteiger charge is 2.31. The van der Waals surface area contributed by atoms with E-state index in [0.717, 1.165) is 11.3 Å². The zero-order valence-corrected chi connectivity index (χ0v) is 17.2. The van der Waals surface area contributed by atoms with Crippen molar-refractivity contribution < 1.29 is 23.4 Å². The Bertz CT molecular complexity index is 1230. The van der Waals surface area contributed by atoms with Gasteiger partial charge in [0.2, 0.25) is 5.88 Å². The number of allylic oxidation sites excluding steroid dienone is 1. The fourth-order valence-electron chi connectivity index (χ4n) is 3.52. The molecule has 6 nitrogen and oxygen atoms in total. The maximum Gasteiger partial charge on any atom is 0.343 e. The largest absolute Gasteiger partial charge is 0.494 e. The number of nitrogens with two attached hydrogens (primary N) is 1. The number of carbonyl (C=O) groups excluding carboxylic acids is 1. The summed E-state index contributed by atoms with van der Waals surface area (Å²) in [6.45, 7) is 2.45. The predicted octanol–water partition coefficient (Wildman–Crippen LogP) is 4.66. The molecule has 0 fully saturated rings. The number of nitrogens with zero attached hydrogens (tertiary/aromatic N) is 1. The molecule has 0 aliphatic carbocycles. The van der Waals surface area contributed by atoms with Crippen LogP contribution < -0.4 is 19.9 Å². The molecule has 1 unspecified atom stereocenters. The van der Waals surface area contributed by atoms with Gasteiger partial charge in [-0.2, -0.15) is 5.26 Å². The topological polar surface area (TPSA) is 94.6 Å². The van der Waals surface area contributed by atoms with Crippen LogP contribution in [0.4, 0.5) is 4.39 Å². The van der Waals surface area contributed by atoms with Crippen LogP contribution in [-0.4, -0.2) is 12.6 Å². The Kier molecular flexibility index (Phi) is 5.77. The van der Waals surface area contributed by atoms with Gasteiger partial charge in [0, 0.05) is 11.6 Å². The van der Waals surface area contributed by atoms with Crippen molar-refractivity contribution in [2.75, 3.05) is 6.61 Å². The summed E-state index contributed by atoms with van der Waals surface area (Å²) < 4.78 is 29.6. The zero-order valence-electron chi connectivity index (χ0n) is 17.2. The number of hydrogen-bond acceptors (Lipinski definition) is 6. The molecular formula is C25H19FN2O4. The number of rotatable bonds is 5. The van der Waals surface area contributed by atoms with Gasteiger partial charge in [-0.15, -0.1) is 0 Å². The Labute approximate surface area is 184 Å². The highest BCUT2D eigenvalue weighted by atomic mass is 19.1. The molecule has 160 valence electrons. The molecule has 1 aliphatic rings. The Morgan fingerprint density at radius 3 is 2.44 bits per heavy atom. The minimum absolute atomic E-state index is 0.0131. The molecule has 0 amide bonds. The third-order valence-electron chi connectivity index (χ3n) is 5.01. The summed E-state index contributed by atoms with van der Waals surface area (Å²) in [6, 6.07) is 19.5. The molecule has 4 rings (SSSR count). The molecule has 0 radical (unpaired) electrons. The van der Waals surface area contributed by atoms with E-state index in [1.54, 1.807) is 18.2 Å². The Morgan fingerprint density at radius 1 is 1.09 bits per heavy atom. The molecule has 2 N–H and O–H groups in total. The third-order valence-corrected chi connectivity index (χ3v) is 5.01. The normalized spacial score (nSPS) is 14.7. The SMILES string of the molecule is CCOc1ccc(C2C(C#N)=C(N)Oc3cc(OC(=O)c4ccc(F)cc4)ccc32)cc1. The molecule has 0 saturated heterocycles. The first kappa shape index (κ1) is 20.9. The van der Waals surface area contributed by atoms with E-state index in [2.05, 4.69) is 6.07 Å². The summed E-state index contributed by atoms with van der Waals surface area (Å²) >= 11 is 0. The summed E-state index contributed by atoms with van der Waals surface area (Å²) in [5.74, 6) is -0.199. The number of benzene rings is 3. The van der Waals surface area contributed by atoms with Crippen molar-refractivity contribution in [1.29, 1.82) is 5.26 Å². The van der Waals surface area contributed by atoms with Crippen LogP contribution in [0.3, 0.4) is 0 Å². The van der Waals surface area contributed by atoms with E-state index in [9.17, 15) is 14.4 Å². The van der Waals surface area contributed by atoms with Crippen molar-refractivity contribution in [3.8, 4) is 23.3 Å². The minimum atomic E-state index is -0.634. The van der Waals surface area contributed by atoms with Crippen LogP contribution in [0, 0.1) is 17.1 Å². The van der Waals surface area contributed by atoms with Gasteiger partial charge in [0.05, 0.1) is 18.1 Å². The van der Waals surface area contributed by atoms with Crippen LogP contribution in [0.25, 0.3) is 0 Å². The van der Waals surface area contributed by atoms with E-state index in [-0.39, 0.29) is 22.8 Å². The van der Waals surface area contributed by atoms with E-state index >= 15 is 0 Å². The number of carbonyl (C=O) groups is 1. The van der Waals surface area contributed by atoms with Crippen molar-refractivity contribution in [2.24, 2.45) is 5.73 Å². The summed E-state index contributed by atoms with van der Waals surface area (Å²) in [4.78, 5) is 12.4. The first-order valence-electron chi connectivity index (χ1n) is 9.92. The van der Waals surface area contributed by atoms with Gasteiger partial charge in [-0.1, -0.05) is 18.2 Å². The lowest BCUT2D eigenvalue weighted by Gasteiger charge is -2.26. The lowest BCUT2D eigenvalue weighted by molar-refractivity contribution is 0.0734. The Hall–Kier alpha value is -4.31. The van der Waals surface area contributed by atoms with E-state index in [4.69, 9.17) is 19.9 Å². The second-order valence-corrected chi connectivity index (χ2v) is 7.02. The summed E-state index contributed by atoms with van der Waals surface area (Å²) in [7, 11) is 0. The van der Waals surface area contributed by atoms with Crippen LogP contribution in [-0.2, 0) is 0 Å². The van der Waals surface area contributed by atoms with E-state index in [0.29, 0.717) is 17.9 Å². The van der Waals surface area contributed by atoms with Crippen LogP contribution in [0.15, 0.2) is 78.2 Å². The number of fused-ring (bicyclic) bond motifs is 1. The van der Waals surface area contributed by atoms with Crippen LogP contribution in [0.2, 0.25) is 0 Å². The average Bonchev–Trinajstić information content (AvgIpc) is 2.79. The number of esters is 1. The standard InChI is InChI=1S/C25H19FN2O4/c1-2-30-18-9-5-15(6-10-18)23-20-12-11-19(13-22(20)32-24(28)21(23)14-27)31-25(29)16-3-7-17(26)8-4-16/h3-13,23H,2,28H2,1H3. The summed E-state index contributed by atoms with van der Waals surface area (Å²) in [5, 5.41) is 9.69. The van der Waals surface area contributed by atoms with Gasteiger partial charge < -0.3 is 19.9 Å². The highest BCUT2D eigenvalue weighted by Crippen LogP contribution is 2.43. The van der Waals surface area contributed by atoms with Crippen molar-refractivity contribution in [3.05, 3.63) is 101 Å². The molecule has 1 atom stereocenters. The first-order chi connectivity index (χ1) is 15.5. The van der Waals surface area contributed by atoms with Crippen molar-refractivity contribution in [3.63, 3.8) is 0 Å². The second kappa shape index (κ2) is 8.82. The van der Waals surface area contributed by atoms with Gasteiger partial charge in [0.25, 0.3) is 0 Å². The number of hydrogen-bond donors (Lipinski definition) is 1. The molecule has 0 bridgehead atoms. The molecule has 32 heavy (non-hydrogen) atoms. The average molecular weight is 430 g/mol. The number of nitriles is 1. The monoisotopic (exact) mass is 430 g/mol. The maximum absolute atomic E-state index is 13.1. The lowest BCUT2D eigenvalue weighted by Crippen LogP contribution is -2.21. The lowest BCUT2D eigenvalue weighted by atomic mass is 9.83. The van der Waals surface area contributed by atoms with E-state index in [1.165, 1.54) is 24.3 Å².